The van der Waals surface area contributed by atoms with E-state index in [0.717, 1.165) is 11.3 Å². The molecular formula is C18H20N2O4. The number of rotatable bonds is 7. The Hall–Kier alpha value is -3.02. The standard InChI is InChI=1S/C18H20N2O4/c1-3-23-17-10-14(11-19-22)8-9-16(17)24-12-18(21)20-15-7-5-4-6-13(15)2/h4-11,22H,3,12H2,1-2H3,(H,20,21)/b19-11+. The maximum atomic E-state index is 12.0. The number of ether oxygens (including phenoxy) is 2. The van der Waals surface area contributed by atoms with Crippen LogP contribution in [0.15, 0.2) is 47.6 Å². The monoisotopic (exact) mass is 328 g/mol. The number of amides is 1. The molecular weight excluding hydrogens is 308 g/mol. The molecule has 0 bridgehead atoms. The Kier molecular flexibility index (Phi) is 6.19. The second kappa shape index (κ2) is 8.57. The van der Waals surface area contributed by atoms with Crippen molar-refractivity contribution in [1.29, 1.82) is 0 Å². The Balaban J connectivity index is 2.02. The third-order valence-electron chi connectivity index (χ3n) is 3.25. The molecule has 6 heteroatoms. The molecule has 2 rings (SSSR count). The van der Waals surface area contributed by atoms with Gasteiger partial charge in [-0.15, -0.1) is 0 Å². The van der Waals surface area contributed by atoms with Crippen LogP contribution in [0.4, 0.5) is 5.69 Å². The van der Waals surface area contributed by atoms with Gasteiger partial charge in [-0.05, 0) is 43.7 Å². The molecule has 0 saturated carbocycles. The normalized spacial score (nSPS) is 10.6. The third-order valence-corrected chi connectivity index (χ3v) is 3.25. The first-order chi connectivity index (χ1) is 11.6. The van der Waals surface area contributed by atoms with Crippen molar-refractivity contribution in [3.8, 4) is 11.5 Å². The van der Waals surface area contributed by atoms with Gasteiger partial charge in [0.1, 0.15) is 0 Å². The molecule has 126 valence electrons. The average molecular weight is 328 g/mol. The highest BCUT2D eigenvalue weighted by Crippen LogP contribution is 2.28. The summed E-state index contributed by atoms with van der Waals surface area (Å²) in [5.74, 6) is 0.679. The summed E-state index contributed by atoms with van der Waals surface area (Å²) >= 11 is 0. The SMILES string of the molecule is CCOc1cc(/C=N/O)ccc1OCC(=O)Nc1ccccc1C. The van der Waals surface area contributed by atoms with Crippen LogP contribution in [-0.4, -0.2) is 30.5 Å². The van der Waals surface area contributed by atoms with Crippen LogP contribution in [0.1, 0.15) is 18.1 Å². The average Bonchev–Trinajstić information content (AvgIpc) is 2.57. The van der Waals surface area contributed by atoms with Crippen LogP contribution in [0.5, 0.6) is 11.5 Å². The summed E-state index contributed by atoms with van der Waals surface area (Å²) in [5, 5.41) is 14.4. The first-order valence-electron chi connectivity index (χ1n) is 7.56. The zero-order valence-electron chi connectivity index (χ0n) is 13.7. The molecule has 1 amide bonds. The zero-order valence-corrected chi connectivity index (χ0v) is 13.7. The number of hydrogen-bond donors (Lipinski definition) is 2. The van der Waals surface area contributed by atoms with Gasteiger partial charge in [-0.1, -0.05) is 23.4 Å². The van der Waals surface area contributed by atoms with E-state index < -0.39 is 0 Å². The third kappa shape index (κ3) is 4.74. The Bertz CT molecular complexity index is 729. The van der Waals surface area contributed by atoms with Crippen LogP contribution in [0.2, 0.25) is 0 Å². The highest BCUT2D eigenvalue weighted by Gasteiger charge is 2.10. The summed E-state index contributed by atoms with van der Waals surface area (Å²) in [4.78, 5) is 12.0. The molecule has 2 aromatic rings. The number of oxime groups is 1. The van der Waals surface area contributed by atoms with Crippen LogP contribution in [0, 0.1) is 6.92 Å². The molecule has 0 aliphatic rings. The molecule has 24 heavy (non-hydrogen) atoms. The second-order valence-electron chi connectivity index (χ2n) is 5.04. The number of nitrogens with one attached hydrogen (secondary N) is 1. The Morgan fingerprint density at radius 1 is 1.21 bits per heavy atom. The van der Waals surface area contributed by atoms with Crippen LogP contribution >= 0.6 is 0 Å². The molecule has 0 radical (unpaired) electrons. The topological polar surface area (TPSA) is 80.2 Å². The van der Waals surface area contributed by atoms with Crippen molar-refractivity contribution in [1.82, 2.24) is 0 Å². The summed E-state index contributed by atoms with van der Waals surface area (Å²) < 4.78 is 11.0. The van der Waals surface area contributed by atoms with Crippen molar-refractivity contribution < 1.29 is 19.5 Å². The number of anilines is 1. The quantitative estimate of drug-likeness (QED) is 0.464. The summed E-state index contributed by atoms with van der Waals surface area (Å²) in [6, 6.07) is 12.6. The summed E-state index contributed by atoms with van der Waals surface area (Å²) in [5.41, 5.74) is 2.40. The van der Waals surface area contributed by atoms with Crippen molar-refractivity contribution >= 4 is 17.8 Å². The Morgan fingerprint density at radius 2 is 2.00 bits per heavy atom. The van der Waals surface area contributed by atoms with Gasteiger partial charge in [0, 0.05) is 11.3 Å². The van der Waals surface area contributed by atoms with Gasteiger partial charge in [0.25, 0.3) is 5.91 Å². The Morgan fingerprint density at radius 3 is 2.71 bits per heavy atom. The fraction of sp³-hybridized carbons (Fsp3) is 0.222. The number of para-hydroxylation sites is 1. The lowest BCUT2D eigenvalue weighted by molar-refractivity contribution is -0.118. The van der Waals surface area contributed by atoms with Crippen molar-refractivity contribution in [3.05, 3.63) is 53.6 Å². The van der Waals surface area contributed by atoms with Gasteiger partial charge < -0.3 is 20.0 Å². The molecule has 0 aliphatic heterocycles. The smallest absolute Gasteiger partial charge is 0.262 e. The lowest BCUT2D eigenvalue weighted by Gasteiger charge is -2.13. The molecule has 0 atom stereocenters. The molecule has 0 unspecified atom stereocenters. The molecule has 0 fully saturated rings. The van der Waals surface area contributed by atoms with Gasteiger partial charge in [0.15, 0.2) is 18.1 Å². The van der Waals surface area contributed by atoms with E-state index in [1.54, 1.807) is 18.2 Å². The summed E-state index contributed by atoms with van der Waals surface area (Å²) in [6.45, 7) is 4.08. The van der Waals surface area contributed by atoms with E-state index in [1.807, 2.05) is 38.1 Å². The molecule has 0 spiro atoms. The highest BCUT2D eigenvalue weighted by atomic mass is 16.5. The van der Waals surface area contributed by atoms with E-state index in [2.05, 4.69) is 10.5 Å². The van der Waals surface area contributed by atoms with Crippen molar-refractivity contribution in [3.63, 3.8) is 0 Å². The van der Waals surface area contributed by atoms with Crippen LogP contribution in [0.3, 0.4) is 0 Å². The summed E-state index contributed by atoms with van der Waals surface area (Å²) in [6.07, 6.45) is 1.29. The highest BCUT2D eigenvalue weighted by molar-refractivity contribution is 5.92. The lowest BCUT2D eigenvalue weighted by Crippen LogP contribution is -2.20. The fourth-order valence-electron chi connectivity index (χ4n) is 2.10. The zero-order chi connectivity index (χ0) is 17.4. The first kappa shape index (κ1) is 17.3. The van der Waals surface area contributed by atoms with E-state index in [1.165, 1.54) is 6.21 Å². The number of nitrogens with zero attached hydrogens (tertiary/aromatic N) is 1. The maximum Gasteiger partial charge on any atom is 0.262 e. The van der Waals surface area contributed by atoms with Gasteiger partial charge in [-0.25, -0.2) is 0 Å². The van der Waals surface area contributed by atoms with Gasteiger partial charge in [0.05, 0.1) is 12.8 Å². The maximum absolute atomic E-state index is 12.0. The molecule has 2 N–H and O–H groups in total. The van der Waals surface area contributed by atoms with Gasteiger partial charge >= 0.3 is 0 Å². The molecule has 2 aromatic carbocycles. The van der Waals surface area contributed by atoms with Gasteiger partial charge in [-0.2, -0.15) is 0 Å². The van der Waals surface area contributed by atoms with Crippen LogP contribution in [0.25, 0.3) is 0 Å². The second-order valence-corrected chi connectivity index (χ2v) is 5.04. The van der Waals surface area contributed by atoms with Crippen LogP contribution in [-0.2, 0) is 4.79 Å². The van der Waals surface area contributed by atoms with E-state index in [-0.39, 0.29) is 12.5 Å². The predicted octanol–water partition coefficient (Wildman–Crippen LogP) is 3.22. The number of carbonyl (C=O) groups is 1. The van der Waals surface area contributed by atoms with E-state index in [4.69, 9.17) is 14.7 Å². The van der Waals surface area contributed by atoms with E-state index in [0.29, 0.717) is 23.7 Å². The Labute approximate surface area is 140 Å². The molecule has 6 nitrogen and oxygen atoms in total. The molecule has 0 saturated heterocycles. The molecule has 0 aromatic heterocycles. The minimum absolute atomic E-state index is 0.137. The number of hydrogen-bond acceptors (Lipinski definition) is 5. The summed E-state index contributed by atoms with van der Waals surface area (Å²) in [7, 11) is 0. The predicted molar refractivity (Wildman–Crippen MR) is 92.3 cm³/mol. The fourth-order valence-corrected chi connectivity index (χ4v) is 2.10. The number of benzene rings is 2. The minimum Gasteiger partial charge on any atom is -0.490 e. The first-order valence-corrected chi connectivity index (χ1v) is 7.56. The van der Waals surface area contributed by atoms with Crippen molar-refractivity contribution in [2.75, 3.05) is 18.5 Å². The minimum atomic E-state index is -0.257. The number of carbonyl (C=O) groups excluding carboxylic acids is 1. The van der Waals surface area contributed by atoms with Crippen molar-refractivity contribution in [2.45, 2.75) is 13.8 Å². The van der Waals surface area contributed by atoms with Crippen molar-refractivity contribution in [2.24, 2.45) is 5.16 Å². The largest absolute Gasteiger partial charge is 0.490 e. The lowest BCUT2D eigenvalue weighted by atomic mass is 10.2. The molecule has 0 aliphatic carbocycles. The van der Waals surface area contributed by atoms with Gasteiger partial charge in [0.2, 0.25) is 0 Å². The van der Waals surface area contributed by atoms with Gasteiger partial charge in [-0.3, -0.25) is 4.79 Å². The van der Waals surface area contributed by atoms with E-state index in [9.17, 15) is 4.79 Å². The van der Waals surface area contributed by atoms with E-state index >= 15 is 0 Å². The molecule has 0 heterocycles. The van der Waals surface area contributed by atoms with Crippen LogP contribution < -0.4 is 14.8 Å². The number of aryl methyl sites for hydroxylation is 1.